The molecule has 0 radical (unpaired) electrons. The highest BCUT2D eigenvalue weighted by atomic mass is 32.1. The lowest BCUT2D eigenvalue weighted by Crippen LogP contribution is -2.35. The number of thiocarbonyl (C=S) groups is 1. The Kier molecular flexibility index (Phi) is 6.56. The Morgan fingerprint density at radius 2 is 1.78 bits per heavy atom. The van der Waals surface area contributed by atoms with Crippen molar-refractivity contribution in [3.8, 4) is 5.75 Å². The third-order valence-corrected chi connectivity index (χ3v) is 3.25. The van der Waals surface area contributed by atoms with Gasteiger partial charge in [-0.1, -0.05) is 37.3 Å². The fourth-order valence-corrected chi connectivity index (χ4v) is 2.20. The molecule has 2 N–H and O–H groups in total. The first kappa shape index (κ1) is 17.0. The van der Waals surface area contributed by atoms with E-state index >= 15 is 0 Å². The average molecular weight is 328 g/mol. The van der Waals surface area contributed by atoms with Crippen LogP contribution in [0.1, 0.15) is 18.9 Å². The quantitative estimate of drug-likeness (QED) is 0.797. The molecule has 0 saturated carbocycles. The van der Waals surface area contributed by atoms with Crippen molar-refractivity contribution in [2.45, 2.75) is 19.8 Å². The highest BCUT2D eigenvalue weighted by Crippen LogP contribution is 2.15. The molecule has 0 fully saturated rings. The molecule has 0 bridgehead atoms. The van der Waals surface area contributed by atoms with Gasteiger partial charge in [-0.3, -0.25) is 4.79 Å². The summed E-state index contributed by atoms with van der Waals surface area (Å²) in [4.78, 5) is 11.9. The first-order valence-electron chi connectivity index (χ1n) is 7.55. The normalized spacial score (nSPS) is 9.96. The fourth-order valence-electron chi connectivity index (χ4n) is 1.97. The number of carbonyl (C=O) groups excluding carboxylic acids is 1. The van der Waals surface area contributed by atoms with Crippen molar-refractivity contribution in [1.82, 2.24) is 5.32 Å². The lowest BCUT2D eigenvalue weighted by Gasteiger charge is -2.10. The van der Waals surface area contributed by atoms with Crippen molar-refractivity contribution in [3.05, 3.63) is 60.2 Å². The van der Waals surface area contributed by atoms with Gasteiger partial charge in [0, 0.05) is 5.69 Å². The maximum atomic E-state index is 11.9. The van der Waals surface area contributed by atoms with E-state index in [4.69, 9.17) is 17.0 Å². The SMILES string of the molecule is CCCOc1ccc(NC(=S)NC(=O)Cc2ccccc2)cc1. The second-order valence-corrected chi connectivity index (χ2v) is 5.45. The number of rotatable bonds is 6. The summed E-state index contributed by atoms with van der Waals surface area (Å²) in [5.41, 5.74) is 1.75. The van der Waals surface area contributed by atoms with Crippen LogP contribution >= 0.6 is 12.2 Å². The van der Waals surface area contributed by atoms with Crippen molar-refractivity contribution >= 4 is 28.9 Å². The molecule has 2 aromatic carbocycles. The van der Waals surface area contributed by atoms with Crippen LogP contribution in [0.4, 0.5) is 5.69 Å². The molecular weight excluding hydrogens is 308 g/mol. The van der Waals surface area contributed by atoms with Crippen LogP contribution in [0.2, 0.25) is 0 Å². The topological polar surface area (TPSA) is 50.4 Å². The van der Waals surface area contributed by atoms with E-state index in [9.17, 15) is 4.79 Å². The average Bonchev–Trinajstić information content (AvgIpc) is 2.55. The van der Waals surface area contributed by atoms with Gasteiger partial charge in [0.05, 0.1) is 13.0 Å². The molecule has 0 aliphatic rings. The van der Waals surface area contributed by atoms with Crippen molar-refractivity contribution in [2.24, 2.45) is 0 Å². The van der Waals surface area contributed by atoms with E-state index in [1.54, 1.807) is 0 Å². The molecule has 0 atom stereocenters. The Hall–Kier alpha value is -2.40. The van der Waals surface area contributed by atoms with E-state index in [0.717, 1.165) is 23.4 Å². The highest BCUT2D eigenvalue weighted by molar-refractivity contribution is 7.80. The highest BCUT2D eigenvalue weighted by Gasteiger charge is 2.06. The second-order valence-electron chi connectivity index (χ2n) is 5.04. The number of carbonyl (C=O) groups is 1. The zero-order valence-corrected chi connectivity index (χ0v) is 13.9. The summed E-state index contributed by atoms with van der Waals surface area (Å²) in [5, 5.41) is 5.95. The lowest BCUT2D eigenvalue weighted by molar-refractivity contribution is -0.119. The predicted molar refractivity (Wildman–Crippen MR) is 96.7 cm³/mol. The van der Waals surface area contributed by atoms with E-state index in [2.05, 4.69) is 17.6 Å². The molecule has 0 spiro atoms. The number of anilines is 1. The molecule has 120 valence electrons. The van der Waals surface area contributed by atoms with Gasteiger partial charge in [-0.25, -0.2) is 0 Å². The molecule has 2 rings (SSSR count). The Balaban J connectivity index is 1.81. The Morgan fingerprint density at radius 1 is 1.09 bits per heavy atom. The molecule has 4 nitrogen and oxygen atoms in total. The summed E-state index contributed by atoms with van der Waals surface area (Å²) >= 11 is 5.16. The largest absolute Gasteiger partial charge is 0.494 e. The van der Waals surface area contributed by atoms with Crippen molar-refractivity contribution in [2.75, 3.05) is 11.9 Å². The summed E-state index contributed by atoms with van der Waals surface area (Å²) < 4.78 is 5.52. The second kappa shape index (κ2) is 8.90. The number of ether oxygens (including phenoxy) is 1. The van der Waals surface area contributed by atoms with Crippen LogP contribution in [-0.4, -0.2) is 17.6 Å². The molecule has 1 amide bonds. The maximum absolute atomic E-state index is 11.9. The minimum Gasteiger partial charge on any atom is -0.494 e. The third-order valence-electron chi connectivity index (χ3n) is 3.05. The first-order chi connectivity index (χ1) is 11.2. The summed E-state index contributed by atoms with van der Waals surface area (Å²) in [6, 6.07) is 17.0. The van der Waals surface area contributed by atoms with Gasteiger partial charge in [-0.15, -0.1) is 0 Å². The predicted octanol–water partition coefficient (Wildman–Crippen LogP) is 3.53. The molecule has 5 heteroatoms. The summed E-state index contributed by atoms with van der Waals surface area (Å²) in [6.45, 7) is 2.76. The fraction of sp³-hybridized carbons (Fsp3) is 0.222. The minimum atomic E-state index is -0.142. The van der Waals surface area contributed by atoms with Crippen molar-refractivity contribution in [3.63, 3.8) is 0 Å². The number of benzene rings is 2. The third kappa shape index (κ3) is 6.08. The van der Waals surface area contributed by atoms with Gasteiger partial charge in [0.1, 0.15) is 5.75 Å². The molecule has 0 aromatic heterocycles. The van der Waals surface area contributed by atoms with E-state index in [0.29, 0.717) is 13.0 Å². The molecule has 2 aromatic rings. The Morgan fingerprint density at radius 3 is 2.43 bits per heavy atom. The van der Waals surface area contributed by atoms with Gasteiger partial charge in [-0.05, 0) is 48.5 Å². The number of nitrogens with one attached hydrogen (secondary N) is 2. The monoisotopic (exact) mass is 328 g/mol. The van der Waals surface area contributed by atoms with Crippen LogP contribution in [0.5, 0.6) is 5.75 Å². The summed E-state index contributed by atoms with van der Waals surface area (Å²) in [6.07, 6.45) is 1.27. The van der Waals surface area contributed by atoms with Gasteiger partial charge < -0.3 is 15.4 Å². The van der Waals surface area contributed by atoms with E-state index in [-0.39, 0.29) is 11.0 Å². The van der Waals surface area contributed by atoms with Crippen LogP contribution in [-0.2, 0) is 11.2 Å². The van der Waals surface area contributed by atoms with E-state index < -0.39 is 0 Å². The number of hydrogen-bond donors (Lipinski definition) is 2. The van der Waals surface area contributed by atoms with Crippen molar-refractivity contribution < 1.29 is 9.53 Å². The Labute approximate surface area is 141 Å². The van der Waals surface area contributed by atoms with Crippen LogP contribution in [0, 0.1) is 0 Å². The smallest absolute Gasteiger partial charge is 0.230 e. The summed E-state index contributed by atoms with van der Waals surface area (Å²) in [5.74, 6) is 0.674. The van der Waals surface area contributed by atoms with Crippen LogP contribution in [0.15, 0.2) is 54.6 Å². The van der Waals surface area contributed by atoms with Gasteiger partial charge in [-0.2, -0.15) is 0 Å². The summed E-state index contributed by atoms with van der Waals surface area (Å²) in [7, 11) is 0. The minimum absolute atomic E-state index is 0.142. The van der Waals surface area contributed by atoms with Gasteiger partial charge in [0.2, 0.25) is 5.91 Å². The molecule has 0 unspecified atom stereocenters. The number of hydrogen-bond acceptors (Lipinski definition) is 3. The van der Waals surface area contributed by atoms with Crippen LogP contribution in [0.25, 0.3) is 0 Å². The van der Waals surface area contributed by atoms with Gasteiger partial charge in [0.25, 0.3) is 0 Å². The molecular formula is C18H20N2O2S. The lowest BCUT2D eigenvalue weighted by atomic mass is 10.1. The Bertz CT molecular complexity index is 642. The molecule has 0 saturated heterocycles. The van der Waals surface area contributed by atoms with Gasteiger partial charge >= 0.3 is 0 Å². The molecule has 0 heterocycles. The maximum Gasteiger partial charge on any atom is 0.230 e. The molecule has 23 heavy (non-hydrogen) atoms. The van der Waals surface area contributed by atoms with Crippen LogP contribution < -0.4 is 15.4 Å². The zero-order valence-electron chi connectivity index (χ0n) is 13.0. The first-order valence-corrected chi connectivity index (χ1v) is 7.96. The molecule has 0 aliphatic heterocycles. The van der Waals surface area contributed by atoms with Gasteiger partial charge in [0.15, 0.2) is 5.11 Å². The van der Waals surface area contributed by atoms with Crippen LogP contribution in [0.3, 0.4) is 0 Å². The van der Waals surface area contributed by atoms with Crippen molar-refractivity contribution in [1.29, 1.82) is 0 Å². The van der Waals surface area contributed by atoms with E-state index in [1.807, 2.05) is 54.6 Å². The van der Waals surface area contributed by atoms with E-state index in [1.165, 1.54) is 0 Å². The zero-order chi connectivity index (χ0) is 16.5. The standard InChI is InChI=1S/C18H20N2O2S/c1-2-12-22-16-10-8-15(9-11-16)19-18(23)20-17(21)13-14-6-4-3-5-7-14/h3-11H,2,12-13H2,1H3,(H2,19,20,21,23). The molecule has 0 aliphatic carbocycles. The number of amides is 1.